The number of hydrogen-bond donors (Lipinski definition) is 0. The molecule has 6 heteroatoms. The smallest absolute Gasteiger partial charge is 0.225 e. The number of nitrogens with zero attached hydrogens (tertiary/aromatic N) is 6. The molecular weight excluding hydrogens is 324 g/mol. The van der Waals surface area contributed by atoms with Crippen molar-refractivity contribution in [2.75, 3.05) is 24.5 Å². The summed E-state index contributed by atoms with van der Waals surface area (Å²) in [4.78, 5) is 13.9. The van der Waals surface area contributed by atoms with E-state index in [1.54, 1.807) is 0 Å². The lowest BCUT2D eigenvalue weighted by Crippen LogP contribution is -2.52. The molecule has 26 heavy (non-hydrogen) atoms. The topological polar surface area (TPSA) is 50.1 Å². The van der Waals surface area contributed by atoms with Gasteiger partial charge in [-0.3, -0.25) is 9.58 Å². The van der Waals surface area contributed by atoms with E-state index in [0.29, 0.717) is 5.54 Å². The maximum atomic E-state index is 4.60. The Morgan fingerprint density at radius 3 is 2.58 bits per heavy atom. The molecule has 0 radical (unpaired) electrons. The molecule has 0 saturated carbocycles. The monoisotopic (exact) mass is 354 g/mol. The van der Waals surface area contributed by atoms with Crippen molar-refractivity contribution in [3.8, 4) is 0 Å². The van der Waals surface area contributed by atoms with Crippen molar-refractivity contribution < 1.29 is 0 Å². The Balaban J connectivity index is 1.44. The molecular formula is C20H30N6. The van der Waals surface area contributed by atoms with Gasteiger partial charge in [-0.15, -0.1) is 0 Å². The summed E-state index contributed by atoms with van der Waals surface area (Å²) in [6, 6.07) is 1.88. The van der Waals surface area contributed by atoms with E-state index in [9.17, 15) is 0 Å². The predicted octanol–water partition coefficient (Wildman–Crippen LogP) is 3.03. The minimum Gasteiger partial charge on any atom is -0.341 e. The number of rotatable bonds is 5. The molecule has 0 unspecified atom stereocenters. The normalized spacial score (nSPS) is 20.2. The first-order chi connectivity index (χ1) is 12.7. The lowest BCUT2D eigenvalue weighted by molar-refractivity contribution is 0.0992. The van der Waals surface area contributed by atoms with Crippen LogP contribution in [0.15, 0.2) is 24.7 Å². The molecule has 0 atom stereocenters. The molecule has 0 N–H and O–H groups in total. The fourth-order valence-electron chi connectivity index (χ4n) is 4.67. The molecule has 6 nitrogen and oxygen atoms in total. The second-order valence-electron chi connectivity index (χ2n) is 7.76. The van der Waals surface area contributed by atoms with Gasteiger partial charge in [0.25, 0.3) is 0 Å². The van der Waals surface area contributed by atoms with Crippen LogP contribution in [0.4, 0.5) is 5.95 Å². The average Bonchev–Trinajstić information content (AvgIpc) is 3.22. The molecule has 0 amide bonds. The van der Waals surface area contributed by atoms with Crippen LogP contribution < -0.4 is 4.90 Å². The number of hydrogen-bond acceptors (Lipinski definition) is 5. The molecule has 0 aliphatic carbocycles. The van der Waals surface area contributed by atoms with E-state index in [4.69, 9.17) is 0 Å². The van der Waals surface area contributed by atoms with Crippen LogP contribution in [0.2, 0.25) is 0 Å². The van der Waals surface area contributed by atoms with E-state index in [0.717, 1.165) is 38.5 Å². The number of piperidine rings is 1. The number of aromatic nitrogens is 4. The number of anilines is 1. The molecule has 4 rings (SSSR count). The summed E-state index contributed by atoms with van der Waals surface area (Å²) < 4.78 is 2.16. The van der Waals surface area contributed by atoms with Crippen molar-refractivity contribution in [3.63, 3.8) is 0 Å². The summed E-state index contributed by atoms with van der Waals surface area (Å²) in [5.74, 6) is 0.878. The maximum absolute atomic E-state index is 4.60. The first-order valence-electron chi connectivity index (χ1n) is 10.0. The van der Waals surface area contributed by atoms with Gasteiger partial charge in [-0.25, -0.2) is 9.97 Å². The fraction of sp³-hybridized carbons (Fsp3) is 0.650. The van der Waals surface area contributed by atoms with Crippen LogP contribution in [0.3, 0.4) is 0 Å². The molecule has 2 saturated heterocycles. The highest BCUT2D eigenvalue weighted by molar-refractivity contribution is 5.30. The molecule has 2 fully saturated rings. The van der Waals surface area contributed by atoms with Gasteiger partial charge in [0, 0.05) is 55.4 Å². The van der Waals surface area contributed by atoms with Gasteiger partial charge in [0.2, 0.25) is 5.95 Å². The highest BCUT2D eigenvalue weighted by Gasteiger charge is 2.43. The van der Waals surface area contributed by atoms with E-state index in [2.05, 4.69) is 49.6 Å². The summed E-state index contributed by atoms with van der Waals surface area (Å²) in [7, 11) is 0. The van der Waals surface area contributed by atoms with Crippen LogP contribution in [-0.4, -0.2) is 49.8 Å². The van der Waals surface area contributed by atoms with Crippen molar-refractivity contribution in [1.29, 1.82) is 0 Å². The van der Waals surface area contributed by atoms with Crippen molar-refractivity contribution in [1.82, 2.24) is 24.6 Å². The van der Waals surface area contributed by atoms with E-state index in [1.807, 2.05) is 18.5 Å². The van der Waals surface area contributed by atoms with Crippen LogP contribution in [0.1, 0.15) is 50.3 Å². The van der Waals surface area contributed by atoms with E-state index in [1.165, 1.54) is 43.5 Å². The lowest BCUT2D eigenvalue weighted by Gasteiger charge is -2.45. The molecule has 2 aromatic rings. The van der Waals surface area contributed by atoms with Gasteiger partial charge in [-0.2, -0.15) is 5.10 Å². The van der Waals surface area contributed by atoms with Crippen LogP contribution in [-0.2, 0) is 13.1 Å². The Morgan fingerprint density at radius 1 is 1.08 bits per heavy atom. The second kappa shape index (κ2) is 7.35. The van der Waals surface area contributed by atoms with Crippen LogP contribution in [0.25, 0.3) is 0 Å². The molecule has 140 valence electrons. The zero-order valence-electron chi connectivity index (χ0n) is 16.1. The predicted molar refractivity (Wildman–Crippen MR) is 103 cm³/mol. The van der Waals surface area contributed by atoms with Crippen molar-refractivity contribution in [2.24, 2.45) is 0 Å². The fourth-order valence-corrected chi connectivity index (χ4v) is 4.67. The van der Waals surface area contributed by atoms with Crippen molar-refractivity contribution in [3.05, 3.63) is 35.9 Å². The quantitative estimate of drug-likeness (QED) is 0.826. The number of likely N-dealkylation sites (tertiary alicyclic amines) is 1. The molecule has 0 bridgehead atoms. The Labute approximate surface area is 156 Å². The van der Waals surface area contributed by atoms with Gasteiger partial charge < -0.3 is 4.90 Å². The zero-order chi connectivity index (χ0) is 18.0. The highest BCUT2D eigenvalue weighted by Crippen LogP contribution is 2.40. The second-order valence-corrected chi connectivity index (χ2v) is 7.76. The van der Waals surface area contributed by atoms with Crippen LogP contribution in [0.5, 0.6) is 0 Å². The average molecular weight is 355 g/mol. The summed E-state index contributed by atoms with van der Waals surface area (Å²) in [5.41, 5.74) is 3.09. The van der Waals surface area contributed by atoms with Crippen LogP contribution in [0, 0.1) is 6.92 Å². The Bertz CT molecular complexity index is 717. The van der Waals surface area contributed by atoms with Gasteiger partial charge in [-0.05, 0) is 51.6 Å². The Kier molecular flexibility index (Phi) is 4.94. The highest BCUT2D eigenvalue weighted by atomic mass is 15.3. The molecule has 2 aliphatic heterocycles. The van der Waals surface area contributed by atoms with Gasteiger partial charge in [0.15, 0.2) is 0 Å². The largest absolute Gasteiger partial charge is 0.341 e. The van der Waals surface area contributed by atoms with Gasteiger partial charge in [0.05, 0.1) is 6.20 Å². The van der Waals surface area contributed by atoms with Gasteiger partial charge >= 0.3 is 0 Å². The summed E-state index contributed by atoms with van der Waals surface area (Å²) >= 11 is 0. The molecule has 2 aliphatic rings. The van der Waals surface area contributed by atoms with Crippen LogP contribution >= 0.6 is 0 Å². The zero-order valence-corrected chi connectivity index (χ0v) is 16.1. The summed E-state index contributed by atoms with van der Waals surface area (Å²) in [6.07, 6.45) is 11.9. The van der Waals surface area contributed by atoms with E-state index in [-0.39, 0.29) is 0 Å². The number of aryl methyl sites for hydroxylation is 1. The Morgan fingerprint density at radius 2 is 1.85 bits per heavy atom. The van der Waals surface area contributed by atoms with Gasteiger partial charge in [0.1, 0.15) is 0 Å². The van der Waals surface area contributed by atoms with Crippen molar-refractivity contribution >= 4 is 5.95 Å². The molecule has 1 spiro atoms. The first kappa shape index (κ1) is 17.5. The minimum absolute atomic E-state index is 0.352. The minimum atomic E-state index is 0.352. The SMILES string of the molecule is CCCn1ncc(CN2CCCC23CCN(c2ncccn2)CC3)c1C. The van der Waals surface area contributed by atoms with E-state index < -0.39 is 0 Å². The third kappa shape index (κ3) is 3.22. The Hall–Kier alpha value is -1.95. The first-order valence-corrected chi connectivity index (χ1v) is 10.0. The summed E-state index contributed by atoms with van der Waals surface area (Å²) in [5, 5.41) is 4.60. The van der Waals surface area contributed by atoms with E-state index >= 15 is 0 Å². The van der Waals surface area contributed by atoms with Gasteiger partial charge in [-0.1, -0.05) is 6.92 Å². The van der Waals surface area contributed by atoms with Crippen molar-refractivity contribution in [2.45, 2.75) is 64.6 Å². The molecule has 2 aromatic heterocycles. The molecule has 4 heterocycles. The lowest BCUT2D eigenvalue weighted by atomic mass is 9.85. The summed E-state index contributed by atoms with van der Waals surface area (Å²) in [6.45, 7) is 9.79. The third-order valence-corrected chi connectivity index (χ3v) is 6.27. The standard InChI is InChI=1S/C20H30N6/c1-3-11-26-17(2)18(15-23-26)16-25-12-4-6-20(25)7-13-24(14-8-20)19-21-9-5-10-22-19/h5,9-10,15H,3-4,6-8,11-14,16H2,1-2H3. The maximum Gasteiger partial charge on any atom is 0.225 e. The third-order valence-electron chi connectivity index (χ3n) is 6.27. The molecule has 0 aromatic carbocycles.